The Bertz CT molecular complexity index is 3530. The number of anilines is 6. The van der Waals surface area contributed by atoms with E-state index >= 15 is 0 Å². The fourth-order valence-electron chi connectivity index (χ4n) is 10.9. The molecule has 2 heteroatoms. The molecule has 0 saturated heterocycles. The molecular formula is C61H40N2. The van der Waals surface area contributed by atoms with Crippen molar-refractivity contribution in [3.63, 3.8) is 0 Å². The Morgan fingerprint density at radius 2 is 0.905 bits per heavy atom. The molecule has 0 saturated carbocycles. The van der Waals surface area contributed by atoms with Crippen molar-refractivity contribution in [1.82, 2.24) is 0 Å². The predicted octanol–water partition coefficient (Wildman–Crippen LogP) is 16.4. The minimum atomic E-state index is -0.507. The van der Waals surface area contributed by atoms with Gasteiger partial charge in [-0.2, -0.15) is 0 Å². The van der Waals surface area contributed by atoms with Gasteiger partial charge < -0.3 is 9.80 Å². The molecule has 0 amide bonds. The average Bonchev–Trinajstić information content (AvgIpc) is 3.65. The Balaban J connectivity index is 1.02. The molecule has 2 nitrogen and oxygen atoms in total. The predicted molar refractivity (Wildman–Crippen MR) is 265 cm³/mol. The molecule has 0 unspecified atom stereocenters. The second-order valence-electron chi connectivity index (χ2n) is 16.8. The van der Waals surface area contributed by atoms with Gasteiger partial charge in [0, 0.05) is 33.7 Å². The zero-order valence-electron chi connectivity index (χ0n) is 34.5. The van der Waals surface area contributed by atoms with Crippen LogP contribution < -0.4 is 9.80 Å². The van der Waals surface area contributed by atoms with Crippen molar-refractivity contribution < 1.29 is 0 Å². The summed E-state index contributed by atoms with van der Waals surface area (Å²) in [6.45, 7) is 0. The van der Waals surface area contributed by atoms with Crippen LogP contribution in [0.25, 0.3) is 54.6 Å². The number of rotatable bonds is 6. The van der Waals surface area contributed by atoms with Crippen LogP contribution in [0.3, 0.4) is 0 Å². The molecule has 0 fully saturated rings. The third-order valence-corrected chi connectivity index (χ3v) is 13.6. The number of fused-ring (bicyclic) bond motifs is 8. The van der Waals surface area contributed by atoms with Crippen LogP contribution in [0.1, 0.15) is 22.3 Å². The first-order valence-corrected chi connectivity index (χ1v) is 21.8. The quantitative estimate of drug-likeness (QED) is 0.165. The van der Waals surface area contributed by atoms with Gasteiger partial charge >= 0.3 is 0 Å². The monoisotopic (exact) mass is 800 g/mol. The summed E-state index contributed by atoms with van der Waals surface area (Å²) in [7, 11) is 0. The molecule has 294 valence electrons. The molecule has 1 heterocycles. The molecule has 13 rings (SSSR count). The lowest BCUT2D eigenvalue weighted by Crippen LogP contribution is -2.28. The highest BCUT2D eigenvalue weighted by Gasteiger charge is 2.46. The van der Waals surface area contributed by atoms with E-state index in [-0.39, 0.29) is 0 Å². The van der Waals surface area contributed by atoms with Gasteiger partial charge in [0.25, 0.3) is 0 Å². The maximum atomic E-state index is 2.46. The summed E-state index contributed by atoms with van der Waals surface area (Å²) in [4.78, 5) is 4.90. The number of nitrogens with zero attached hydrogens (tertiary/aromatic N) is 2. The van der Waals surface area contributed by atoms with Gasteiger partial charge in [0.15, 0.2) is 0 Å². The molecule has 63 heavy (non-hydrogen) atoms. The molecule has 11 aromatic rings. The Morgan fingerprint density at radius 3 is 1.70 bits per heavy atom. The number of hydrogen-bond donors (Lipinski definition) is 0. The van der Waals surface area contributed by atoms with Gasteiger partial charge in [0.05, 0.1) is 16.8 Å². The Labute approximate surface area is 367 Å². The van der Waals surface area contributed by atoms with E-state index in [9.17, 15) is 0 Å². The number of benzene rings is 11. The van der Waals surface area contributed by atoms with E-state index in [1.165, 1.54) is 88.2 Å². The van der Waals surface area contributed by atoms with Crippen molar-refractivity contribution in [2.75, 3.05) is 9.80 Å². The highest BCUT2D eigenvalue weighted by atomic mass is 15.2. The van der Waals surface area contributed by atoms with Crippen LogP contribution in [0.4, 0.5) is 34.1 Å². The summed E-state index contributed by atoms with van der Waals surface area (Å²) >= 11 is 0. The molecule has 11 aromatic carbocycles. The molecule has 0 N–H and O–H groups in total. The molecule has 0 bridgehead atoms. The van der Waals surface area contributed by atoms with Crippen molar-refractivity contribution in [1.29, 1.82) is 0 Å². The minimum Gasteiger partial charge on any atom is -0.310 e. The highest BCUT2D eigenvalue weighted by molar-refractivity contribution is 6.19. The van der Waals surface area contributed by atoms with E-state index in [1.54, 1.807) is 0 Å². The van der Waals surface area contributed by atoms with Gasteiger partial charge in [-0.15, -0.1) is 0 Å². The van der Waals surface area contributed by atoms with E-state index in [1.807, 2.05) is 0 Å². The molecular weight excluding hydrogens is 761 g/mol. The van der Waals surface area contributed by atoms with Gasteiger partial charge in [-0.25, -0.2) is 0 Å². The molecule has 0 spiro atoms. The van der Waals surface area contributed by atoms with Crippen molar-refractivity contribution in [2.24, 2.45) is 0 Å². The first kappa shape index (κ1) is 35.5. The smallest absolute Gasteiger partial charge is 0.0714 e. The van der Waals surface area contributed by atoms with Gasteiger partial charge in [0.1, 0.15) is 0 Å². The first-order valence-electron chi connectivity index (χ1n) is 21.8. The van der Waals surface area contributed by atoms with E-state index < -0.39 is 5.41 Å². The van der Waals surface area contributed by atoms with Gasteiger partial charge in [-0.1, -0.05) is 182 Å². The first-order chi connectivity index (χ1) is 31.3. The van der Waals surface area contributed by atoms with Crippen LogP contribution >= 0.6 is 0 Å². The second kappa shape index (κ2) is 13.9. The summed E-state index contributed by atoms with van der Waals surface area (Å²) in [6, 6.07) is 89.7. The SMILES string of the molecule is c1ccc(C2(c3ccccc3)c3ccccc3-c3ccc(N(c4ccc(N5c6ccc7ccccc7c6-c6cccc7cccc5c67)cc4)c4ccc5ccccc5c4)cc32)cc1. The van der Waals surface area contributed by atoms with E-state index in [2.05, 4.69) is 252 Å². The normalized spacial score (nSPS) is 13.2. The van der Waals surface area contributed by atoms with Crippen LogP contribution in [-0.4, -0.2) is 0 Å². The van der Waals surface area contributed by atoms with Crippen LogP contribution in [0.15, 0.2) is 243 Å². The van der Waals surface area contributed by atoms with Crippen LogP contribution in [-0.2, 0) is 5.41 Å². The Morgan fingerprint density at radius 1 is 0.333 bits per heavy atom. The standard InChI is InChI=1S/C61H40N2/c1-3-20-45(21-4-1)61(46-22-5-2-6-23-46)55-27-12-11-25-52(55)53-37-36-50(40-56(53)61)62(49-31-29-41-15-7-8-17-44(41)39-49)47-32-34-48(35-33-47)63-57-28-14-19-43-18-13-26-54(59(43)57)60-51-24-10-9-16-42(51)30-38-58(60)63/h1-40H. The maximum absolute atomic E-state index is 2.46. The fraction of sp³-hybridized carbons (Fsp3) is 0.0164. The minimum absolute atomic E-state index is 0.507. The van der Waals surface area contributed by atoms with Crippen LogP contribution in [0.5, 0.6) is 0 Å². The number of hydrogen-bond acceptors (Lipinski definition) is 2. The molecule has 0 radical (unpaired) electrons. The van der Waals surface area contributed by atoms with Crippen LogP contribution in [0.2, 0.25) is 0 Å². The van der Waals surface area contributed by atoms with Crippen LogP contribution in [0, 0.1) is 0 Å². The highest BCUT2D eigenvalue weighted by Crippen LogP contribution is 2.58. The van der Waals surface area contributed by atoms with Gasteiger partial charge in [-0.3, -0.25) is 0 Å². The van der Waals surface area contributed by atoms with Gasteiger partial charge in [-0.05, 0) is 127 Å². The summed E-state index contributed by atoms with van der Waals surface area (Å²) in [5.74, 6) is 0. The Kier molecular flexibility index (Phi) is 7.85. The largest absolute Gasteiger partial charge is 0.310 e. The van der Waals surface area contributed by atoms with E-state index in [0.29, 0.717) is 0 Å². The third kappa shape index (κ3) is 5.25. The lowest BCUT2D eigenvalue weighted by molar-refractivity contribution is 0.768. The summed E-state index contributed by atoms with van der Waals surface area (Å²) < 4.78 is 0. The molecule has 0 aromatic heterocycles. The zero-order chi connectivity index (χ0) is 41.5. The third-order valence-electron chi connectivity index (χ3n) is 13.6. The van der Waals surface area contributed by atoms with E-state index in [4.69, 9.17) is 0 Å². The lowest BCUT2D eigenvalue weighted by atomic mass is 9.67. The van der Waals surface area contributed by atoms with Crippen molar-refractivity contribution in [2.45, 2.75) is 5.41 Å². The molecule has 1 aliphatic heterocycles. The van der Waals surface area contributed by atoms with Gasteiger partial charge in [0.2, 0.25) is 0 Å². The second-order valence-corrected chi connectivity index (χ2v) is 16.8. The Hall–Kier alpha value is -8.20. The lowest BCUT2D eigenvalue weighted by Gasteiger charge is -2.35. The maximum Gasteiger partial charge on any atom is 0.0714 e. The molecule has 2 aliphatic rings. The summed E-state index contributed by atoms with van der Waals surface area (Å²) in [5.41, 5.74) is 16.5. The zero-order valence-corrected chi connectivity index (χ0v) is 34.5. The van der Waals surface area contributed by atoms with Crippen molar-refractivity contribution in [3.05, 3.63) is 265 Å². The summed E-state index contributed by atoms with van der Waals surface area (Å²) in [5, 5.41) is 7.46. The summed E-state index contributed by atoms with van der Waals surface area (Å²) in [6.07, 6.45) is 0. The molecule has 1 aliphatic carbocycles. The molecule has 0 atom stereocenters. The average molecular weight is 801 g/mol. The van der Waals surface area contributed by atoms with E-state index in [0.717, 1.165) is 22.7 Å². The fourth-order valence-corrected chi connectivity index (χ4v) is 10.9. The van der Waals surface area contributed by atoms with Crippen molar-refractivity contribution in [3.8, 4) is 22.3 Å². The topological polar surface area (TPSA) is 6.48 Å². The van der Waals surface area contributed by atoms with Crippen molar-refractivity contribution >= 4 is 66.4 Å².